The minimum atomic E-state index is -0.380. The van der Waals surface area contributed by atoms with Gasteiger partial charge in [0.25, 0.3) is 0 Å². The fourth-order valence-electron chi connectivity index (χ4n) is 2.60. The quantitative estimate of drug-likeness (QED) is 0.592. The first-order chi connectivity index (χ1) is 8.34. The van der Waals surface area contributed by atoms with Crippen LogP contribution in [0.1, 0.15) is 64.2 Å². The number of hydrogen-bond donors (Lipinski definition) is 1. The van der Waals surface area contributed by atoms with Crippen molar-refractivity contribution in [2.75, 3.05) is 0 Å². The summed E-state index contributed by atoms with van der Waals surface area (Å²) in [6.07, 6.45) is 11.1. The zero-order valence-electron chi connectivity index (χ0n) is 10.4. The van der Waals surface area contributed by atoms with Crippen LogP contribution in [0, 0.1) is 0 Å². The van der Waals surface area contributed by atoms with Gasteiger partial charge >= 0.3 is 6.09 Å². The lowest BCUT2D eigenvalue weighted by Gasteiger charge is -2.21. The maximum atomic E-state index is 11.5. The van der Waals surface area contributed by atoms with Gasteiger partial charge in [-0.25, -0.2) is 4.79 Å². The van der Waals surface area contributed by atoms with E-state index >= 15 is 0 Å². The van der Waals surface area contributed by atoms with E-state index in [0.717, 1.165) is 31.4 Å². The Labute approximate surface area is 103 Å². The maximum absolute atomic E-state index is 11.5. The Bertz CT molecular complexity index is 275. The van der Waals surface area contributed by atoms with E-state index in [-0.39, 0.29) is 6.09 Å². The standard InChI is InChI=1S/C13H22N2O2/c16-13(14-11-7-3-1-4-8-11)17-15-12-9-5-2-6-10-12/h11H,1-10H2,(H,14,16). The zero-order valence-corrected chi connectivity index (χ0v) is 10.4. The Morgan fingerprint density at radius 1 is 1.06 bits per heavy atom. The lowest BCUT2D eigenvalue weighted by molar-refractivity contribution is 0.143. The highest BCUT2D eigenvalue weighted by Gasteiger charge is 2.16. The average molecular weight is 238 g/mol. The molecule has 0 spiro atoms. The molecule has 0 aromatic carbocycles. The lowest BCUT2D eigenvalue weighted by Crippen LogP contribution is -2.36. The van der Waals surface area contributed by atoms with Crippen LogP contribution in [0.3, 0.4) is 0 Å². The first-order valence-corrected chi connectivity index (χ1v) is 6.88. The Hall–Kier alpha value is -1.06. The number of hydrogen-bond acceptors (Lipinski definition) is 3. The summed E-state index contributed by atoms with van der Waals surface area (Å²) in [5.74, 6) is 0. The molecule has 2 rings (SSSR count). The Morgan fingerprint density at radius 3 is 2.41 bits per heavy atom. The van der Waals surface area contributed by atoms with Gasteiger partial charge in [0.05, 0.1) is 5.71 Å². The van der Waals surface area contributed by atoms with Crippen molar-refractivity contribution in [1.82, 2.24) is 5.32 Å². The third-order valence-electron chi connectivity index (χ3n) is 3.62. The SMILES string of the molecule is O=C(NC1CCCCC1)ON=C1CCCCC1. The largest absolute Gasteiger partial charge is 0.433 e. The second kappa shape index (κ2) is 6.62. The number of nitrogens with zero attached hydrogens (tertiary/aromatic N) is 1. The lowest BCUT2D eigenvalue weighted by atomic mass is 9.96. The highest BCUT2D eigenvalue weighted by atomic mass is 16.7. The van der Waals surface area contributed by atoms with Crippen molar-refractivity contribution < 1.29 is 9.63 Å². The Morgan fingerprint density at radius 2 is 1.71 bits per heavy atom. The van der Waals surface area contributed by atoms with Crippen LogP contribution in [-0.4, -0.2) is 17.8 Å². The van der Waals surface area contributed by atoms with Gasteiger partial charge in [-0.3, -0.25) is 4.84 Å². The number of carbonyl (C=O) groups excluding carboxylic acids is 1. The smallest absolute Gasteiger partial charge is 0.317 e. The van der Waals surface area contributed by atoms with Crippen LogP contribution < -0.4 is 5.32 Å². The van der Waals surface area contributed by atoms with Crippen LogP contribution >= 0.6 is 0 Å². The molecule has 0 radical (unpaired) electrons. The zero-order chi connectivity index (χ0) is 11.9. The Balaban J connectivity index is 1.69. The van der Waals surface area contributed by atoms with Crippen molar-refractivity contribution in [3.05, 3.63) is 0 Å². The number of rotatable bonds is 2. The third kappa shape index (κ3) is 4.36. The molecule has 0 aliphatic heterocycles. The van der Waals surface area contributed by atoms with E-state index in [9.17, 15) is 4.79 Å². The van der Waals surface area contributed by atoms with E-state index < -0.39 is 0 Å². The second-order valence-corrected chi connectivity index (χ2v) is 5.08. The first-order valence-electron chi connectivity index (χ1n) is 6.88. The topological polar surface area (TPSA) is 50.7 Å². The predicted molar refractivity (Wildman–Crippen MR) is 67.0 cm³/mol. The summed E-state index contributed by atoms with van der Waals surface area (Å²) in [5.41, 5.74) is 1.04. The molecule has 0 atom stereocenters. The molecule has 0 heterocycles. The Kier molecular flexibility index (Phi) is 4.83. The normalized spacial score (nSPS) is 22.0. The molecule has 1 N–H and O–H groups in total. The monoisotopic (exact) mass is 238 g/mol. The maximum Gasteiger partial charge on any atom is 0.433 e. The molecule has 0 aromatic rings. The van der Waals surface area contributed by atoms with Crippen LogP contribution in [-0.2, 0) is 4.84 Å². The highest BCUT2D eigenvalue weighted by molar-refractivity contribution is 5.85. The summed E-state index contributed by atoms with van der Waals surface area (Å²) in [6, 6.07) is 0.294. The summed E-state index contributed by atoms with van der Waals surface area (Å²) in [7, 11) is 0. The van der Waals surface area contributed by atoms with Gasteiger partial charge in [0.15, 0.2) is 0 Å². The molecular weight excluding hydrogens is 216 g/mol. The number of carbonyl (C=O) groups is 1. The summed E-state index contributed by atoms with van der Waals surface area (Å²) in [6.45, 7) is 0. The minimum Gasteiger partial charge on any atom is -0.317 e. The summed E-state index contributed by atoms with van der Waals surface area (Å²) in [4.78, 5) is 16.4. The number of oxime groups is 1. The molecule has 2 aliphatic carbocycles. The average Bonchev–Trinajstić information content (AvgIpc) is 2.39. The van der Waals surface area contributed by atoms with E-state index in [2.05, 4.69) is 10.5 Å². The van der Waals surface area contributed by atoms with Crippen molar-refractivity contribution in [2.45, 2.75) is 70.3 Å². The van der Waals surface area contributed by atoms with E-state index in [1.165, 1.54) is 38.5 Å². The van der Waals surface area contributed by atoms with Crippen LogP contribution in [0.4, 0.5) is 4.79 Å². The van der Waals surface area contributed by atoms with Crippen LogP contribution in [0.5, 0.6) is 0 Å². The molecule has 2 aliphatic rings. The molecule has 4 nitrogen and oxygen atoms in total. The van der Waals surface area contributed by atoms with Crippen molar-refractivity contribution >= 4 is 11.8 Å². The van der Waals surface area contributed by atoms with E-state index in [1.807, 2.05) is 0 Å². The fraction of sp³-hybridized carbons (Fsp3) is 0.846. The van der Waals surface area contributed by atoms with Crippen LogP contribution in [0.25, 0.3) is 0 Å². The van der Waals surface area contributed by atoms with Gasteiger partial charge in [-0.05, 0) is 38.5 Å². The fourth-order valence-corrected chi connectivity index (χ4v) is 2.60. The molecule has 1 amide bonds. The van der Waals surface area contributed by atoms with Gasteiger partial charge in [0.1, 0.15) is 0 Å². The van der Waals surface area contributed by atoms with Crippen molar-refractivity contribution in [1.29, 1.82) is 0 Å². The van der Waals surface area contributed by atoms with Gasteiger partial charge in [0, 0.05) is 6.04 Å². The number of nitrogens with one attached hydrogen (secondary N) is 1. The van der Waals surface area contributed by atoms with Gasteiger partial charge in [-0.1, -0.05) is 30.8 Å². The van der Waals surface area contributed by atoms with Crippen molar-refractivity contribution in [3.8, 4) is 0 Å². The molecule has 2 saturated carbocycles. The van der Waals surface area contributed by atoms with E-state index in [4.69, 9.17) is 4.84 Å². The van der Waals surface area contributed by atoms with Gasteiger partial charge in [-0.2, -0.15) is 0 Å². The molecule has 0 bridgehead atoms. The first kappa shape index (κ1) is 12.4. The minimum absolute atomic E-state index is 0.294. The molecule has 17 heavy (non-hydrogen) atoms. The molecule has 2 fully saturated rings. The van der Waals surface area contributed by atoms with Crippen LogP contribution in [0.2, 0.25) is 0 Å². The van der Waals surface area contributed by atoms with Gasteiger partial charge in [-0.15, -0.1) is 0 Å². The molecular formula is C13H22N2O2. The van der Waals surface area contributed by atoms with Crippen molar-refractivity contribution in [2.24, 2.45) is 5.16 Å². The second-order valence-electron chi connectivity index (χ2n) is 5.08. The van der Waals surface area contributed by atoms with Gasteiger partial charge < -0.3 is 5.32 Å². The molecule has 96 valence electrons. The highest BCUT2D eigenvalue weighted by Crippen LogP contribution is 2.18. The van der Waals surface area contributed by atoms with Crippen LogP contribution in [0.15, 0.2) is 5.16 Å². The van der Waals surface area contributed by atoms with Gasteiger partial charge in [0.2, 0.25) is 0 Å². The molecule has 0 saturated heterocycles. The molecule has 0 unspecified atom stereocenters. The number of amides is 1. The van der Waals surface area contributed by atoms with E-state index in [1.54, 1.807) is 0 Å². The summed E-state index contributed by atoms with van der Waals surface area (Å²) < 4.78 is 0. The summed E-state index contributed by atoms with van der Waals surface area (Å²) in [5, 5.41) is 6.84. The molecule has 4 heteroatoms. The molecule has 0 aromatic heterocycles. The predicted octanol–water partition coefficient (Wildman–Crippen LogP) is 3.37. The van der Waals surface area contributed by atoms with Crippen molar-refractivity contribution in [3.63, 3.8) is 0 Å². The van der Waals surface area contributed by atoms with E-state index in [0.29, 0.717) is 6.04 Å². The third-order valence-corrected chi connectivity index (χ3v) is 3.62. The summed E-state index contributed by atoms with van der Waals surface area (Å²) >= 11 is 0.